The van der Waals surface area contributed by atoms with Crippen molar-refractivity contribution in [3.63, 3.8) is 0 Å². The van der Waals surface area contributed by atoms with E-state index >= 15 is 0 Å². The van der Waals surface area contributed by atoms with E-state index < -0.39 is 0 Å². The van der Waals surface area contributed by atoms with E-state index in [-0.39, 0.29) is 0 Å². The van der Waals surface area contributed by atoms with Crippen molar-refractivity contribution in [1.82, 2.24) is 0 Å². The summed E-state index contributed by atoms with van der Waals surface area (Å²) in [4.78, 5) is 0. The van der Waals surface area contributed by atoms with Crippen molar-refractivity contribution >= 4 is 18.5 Å². The Balaban J connectivity index is 2.68. The van der Waals surface area contributed by atoms with Crippen LogP contribution in [0.5, 0.6) is 0 Å². The molecule has 0 aromatic rings. The molecule has 2 heteroatoms. The Morgan fingerprint density at radius 2 is 2.14 bits per heavy atom. The number of hydrogen-bond acceptors (Lipinski definition) is 0. The third-order valence-corrected chi connectivity index (χ3v) is 1.61. The largest absolute Gasteiger partial charge is 0.138 e. The summed E-state index contributed by atoms with van der Waals surface area (Å²) in [6.07, 6.45) is 3.93. The van der Waals surface area contributed by atoms with Crippen LogP contribution in [0.2, 0.25) is 0 Å². The van der Waals surface area contributed by atoms with Crippen LogP contribution in [0.1, 0.15) is 19.8 Å². The molecule has 0 aromatic heterocycles. The van der Waals surface area contributed by atoms with Gasteiger partial charge in [0.15, 0.2) is 0 Å². The zero-order chi connectivity index (χ0) is 5.70. The molecule has 0 amide bonds. The van der Waals surface area contributed by atoms with Crippen LogP contribution in [0, 0.1) is 0 Å². The van der Waals surface area contributed by atoms with Gasteiger partial charge in [-0.1, -0.05) is 6.92 Å². The smallest absolute Gasteiger partial charge is 0.0293 e. The quantitative estimate of drug-likeness (QED) is 0.520. The third kappa shape index (κ3) is 6.86. The summed E-state index contributed by atoms with van der Waals surface area (Å²) in [5, 5.41) is 0. The van der Waals surface area contributed by atoms with E-state index in [2.05, 4.69) is 25.4 Å². The molecule has 0 N–H and O–H groups in total. The van der Waals surface area contributed by atoms with E-state index in [1.165, 1.54) is 19.0 Å². The summed E-state index contributed by atoms with van der Waals surface area (Å²) < 4.78 is 0. The molecule has 0 nitrogen and oxygen atoms in total. The second-order valence-corrected chi connectivity index (χ2v) is 3.62. The summed E-state index contributed by atoms with van der Waals surface area (Å²) in [5.74, 6) is 0. The number of rotatable bonds is 3. The Hall–Kier alpha value is 0.860. The molecule has 0 saturated carbocycles. The van der Waals surface area contributed by atoms with Crippen LogP contribution in [0.15, 0.2) is 0 Å². The molecule has 0 aliphatic heterocycles. The summed E-state index contributed by atoms with van der Waals surface area (Å²) in [6, 6.07) is 0. The van der Waals surface area contributed by atoms with Gasteiger partial charge in [-0.25, -0.2) is 0 Å². The molecule has 2 unspecified atom stereocenters. The first-order valence-electron chi connectivity index (χ1n) is 2.73. The average molecular weight is 136 g/mol. The van der Waals surface area contributed by atoms with Crippen LogP contribution in [-0.4, -0.2) is 11.8 Å². The maximum Gasteiger partial charge on any atom is -0.0293 e. The zero-order valence-electron chi connectivity index (χ0n) is 4.85. The Labute approximate surface area is 50.9 Å². The maximum atomic E-state index is 2.80. The fourth-order valence-electron chi connectivity index (χ4n) is 0.440. The SMILES string of the molecule is C[C@@H](P)CCCP. The van der Waals surface area contributed by atoms with E-state index in [0.29, 0.717) is 0 Å². The predicted octanol–water partition coefficient (Wildman–Crippen LogP) is 1.91. The van der Waals surface area contributed by atoms with E-state index in [9.17, 15) is 0 Å². The van der Waals surface area contributed by atoms with Crippen molar-refractivity contribution in [1.29, 1.82) is 0 Å². The molecule has 44 valence electrons. The molecule has 0 aliphatic carbocycles. The fraction of sp³-hybridized carbons (Fsp3) is 1.00. The highest BCUT2D eigenvalue weighted by atomic mass is 31.0. The van der Waals surface area contributed by atoms with Gasteiger partial charge in [0.25, 0.3) is 0 Å². The van der Waals surface area contributed by atoms with Gasteiger partial charge in [-0.3, -0.25) is 0 Å². The van der Waals surface area contributed by atoms with Crippen LogP contribution in [0.25, 0.3) is 0 Å². The van der Waals surface area contributed by atoms with Gasteiger partial charge in [0.1, 0.15) is 0 Å². The molecule has 0 aliphatic rings. The highest BCUT2D eigenvalue weighted by molar-refractivity contribution is 7.17. The van der Waals surface area contributed by atoms with Gasteiger partial charge in [0.2, 0.25) is 0 Å². The predicted molar refractivity (Wildman–Crippen MR) is 43.0 cm³/mol. The topological polar surface area (TPSA) is 0 Å². The molecular weight excluding hydrogens is 122 g/mol. The van der Waals surface area contributed by atoms with Crippen molar-refractivity contribution in [3.8, 4) is 0 Å². The molecule has 0 aromatic carbocycles. The first-order valence-corrected chi connectivity index (χ1v) is 4.21. The molecule has 7 heavy (non-hydrogen) atoms. The normalized spacial score (nSPS) is 14.1. The lowest BCUT2D eigenvalue weighted by atomic mass is 10.3. The van der Waals surface area contributed by atoms with Crippen LogP contribution >= 0.6 is 18.5 Å². The van der Waals surface area contributed by atoms with Crippen LogP contribution in [-0.2, 0) is 0 Å². The summed E-state index contributed by atoms with van der Waals surface area (Å²) >= 11 is 0. The third-order valence-electron chi connectivity index (χ3n) is 0.864. The monoisotopic (exact) mass is 136 g/mol. The Bertz CT molecular complexity index is 35.1. The zero-order valence-corrected chi connectivity index (χ0v) is 7.16. The van der Waals surface area contributed by atoms with Crippen molar-refractivity contribution in [2.45, 2.75) is 25.4 Å². The lowest BCUT2D eigenvalue weighted by molar-refractivity contribution is 0.795. The second-order valence-electron chi connectivity index (χ2n) is 1.91. The van der Waals surface area contributed by atoms with Crippen molar-refractivity contribution in [3.05, 3.63) is 0 Å². The van der Waals surface area contributed by atoms with Gasteiger partial charge in [-0.15, -0.1) is 18.5 Å². The fourth-order valence-corrected chi connectivity index (χ4v) is 0.911. The van der Waals surface area contributed by atoms with Crippen LogP contribution in [0.3, 0.4) is 0 Å². The van der Waals surface area contributed by atoms with Gasteiger partial charge in [0, 0.05) is 0 Å². The number of hydrogen-bond donors (Lipinski definition) is 0. The van der Waals surface area contributed by atoms with Gasteiger partial charge in [-0.05, 0) is 24.7 Å². The van der Waals surface area contributed by atoms with Crippen molar-refractivity contribution in [2.24, 2.45) is 0 Å². The minimum absolute atomic E-state index is 0.806. The second kappa shape index (κ2) is 5.01. The van der Waals surface area contributed by atoms with Gasteiger partial charge in [0.05, 0.1) is 0 Å². The molecule has 0 fully saturated rings. The molecule has 0 heterocycles. The van der Waals surface area contributed by atoms with Crippen molar-refractivity contribution < 1.29 is 0 Å². The van der Waals surface area contributed by atoms with E-state index in [4.69, 9.17) is 0 Å². The van der Waals surface area contributed by atoms with E-state index in [1.54, 1.807) is 0 Å². The first-order chi connectivity index (χ1) is 3.27. The highest BCUT2D eigenvalue weighted by Crippen LogP contribution is 2.07. The Morgan fingerprint density at radius 3 is 2.29 bits per heavy atom. The van der Waals surface area contributed by atoms with Gasteiger partial charge < -0.3 is 0 Å². The molecule has 3 atom stereocenters. The minimum Gasteiger partial charge on any atom is -0.138 e. The van der Waals surface area contributed by atoms with Crippen molar-refractivity contribution in [2.75, 3.05) is 6.16 Å². The lowest BCUT2D eigenvalue weighted by Gasteiger charge is -1.98. The molecule has 0 radical (unpaired) electrons. The Kier molecular flexibility index (Phi) is 5.62. The van der Waals surface area contributed by atoms with E-state index in [1.807, 2.05) is 0 Å². The molecule has 0 saturated heterocycles. The van der Waals surface area contributed by atoms with Crippen LogP contribution in [0.4, 0.5) is 0 Å². The molecule has 0 bridgehead atoms. The van der Waals surface area contributed by atoms with Gasteiger partial charge in [-0.2, -0.15) is 0 Å². The average Bonchev–Trinajstić information content (AvgIpc) is 1.61. The lowest BCUT2D eigenvalue weighted by Crippen LogP contribution is -1.88. The van der Waals surface area contributed by atoms with Gasteiger partial charge >= 0.3 is 0 Å². The maximum absolute atomic E-state index is 2.80. The molecule has 0 rings (SSSR count). The minimum atomic E-state index is 0.806. The summed E-state index contributed by atoms with van der Waals surface area (Å²) in [6.45, 7) is 2.23. The first kappa shape index (κ1) is 7.86. The summed E-state index contributed by atoms with van der Waals surface area (Å²) in [7, 11) is 5.53. The summed E-state index contributed by atoms with van der Waals surface area (Å²) in [5.41, 5.74) is 0.806. The Morgan fingerprint density at radius 1 is 1.57 bits per heavy atom. The standard InChI is InChI=1S/C5H14P2/c1-5(7)3-2-4-6/h5H,2-4,6-7H2,1H3/t5-/m1/s1. The van der Waals surface area contributed by atoms with E-state index in [0.717, 1.165) is 5.66 Å². The molecular formula is C5H14P2. The highest BCUT2D eigenvalue weighted by Gasteiger charge is 1.88. The van der Waals surface area contributed by atoms with Crippen LogP contribution < -0.4 is 0 Å². The molecule has 0 spiro atoms.